The van der Waals surface area contributed by atoms with Crippen LogP contribution in [0.3, 0.4) is 0 Å². The number of nitrogens with one attached hydrogen (secondary N) is 1. The monoisotopic (exact) mass is 336 g/mol. The number of pyridine rings is 1. The van der Waals surface area contributed by atoms with Crippen LogP contribution in [0.25, 0.3) is 11.3 Å². The van der Waals surface area contributed by atoms with E-state index >= 15 is 0 Å². The molecule has 6 heteroatoms. The molecule has 0 unspecified atom stereocenters. The molecule has 0 saturated carbocycles. The van der Waals surface area contributed by atoms with Crippen molar-refractivity contribution in [3.63, 3.8) is 0 Å². The number of aryl methyl sites for hydroxylation is 1. The summed E-state index contributed by atoms with van der Waals surface area (Å²) in [7, 11) is 1.94. The number of rotatable bonds is 4. The van der Waals surface area contributed by atoms with Gasteiger partial charge in [0.15, 0.2) is 11.5 Å². The van der Waals surface area contributed by atoms with E-state index in [2.05, 4.69) is 17.3 Å². The molecule has 1 N–H and O–H groups in total. The molecule has 6 nitrogen and oxygen atoms in total. The van der Waals surface area contributed by atoms with Gasteiger partial charge in [0.1, 0.15) is 19.0 Å². The number of aromatic nitrogens is 3. The van der Waals surface area contributed by atoms with Gasteiger partial charge in [-0.2, -0.15) is 5.10 Å². The number of hydrogen-bond acceptors (Lipinski definition) is 5. The van der Waals surface area contributed by atoms with E-state index in [0.29, 0.717) is 19.8 Å². The van der Waals surface area contributed by atoms with Crippen molar-refractivity contribution in [1.29, 1.82) is 0 Å². The standard InChI is InChI=1S/C19H20N4O2/c1-13-15(12-21-23(13)2)11-20-19-5-3-4-16(22-19)14-6-7-17-18(10-14)25-9-8-24-17/h3-7,10,12H,8-9,11H2,1-2H3,(H,20,22). The number of fused-ring (bicyclic) bond motifs is 1. The first-order valence-electron chi connectivity index (χ1n) is 8.29. The topological polar surface area (TPSA) is 61.2 Å². The van der Waals surface area contributed by atoms with Gasteiger partial charge in [-0.3, -0.25) is 4.68 Å². The molecule has 128 valence electrons. The number of anilines is 1. The SMILES string of the molecule is Cc1c(CNc2cccc(-c3ccc4c(c3)OCCO4)n2)cnn1C. The molecular weight excluding hydrogens is 316 g/mol. The number of hydrogen-bond donors (Lipinski definition) is 1. The Morgan fingerprint density at radius 3 is 2.76 bits per heavy atom. The molecule has 3 heterocycles. The van der Waals surface area contributed by atoms with Gasteiger partial charge in [-0.25, -0.2) is 4.98 Å². The summed E-state index contributed by atoms with van der Waals surface area (Å²) in [6, 6.07) is 11.9. The molecule has 1 aliphatic heterocycles. The third kappa shape index (κ3) is 3.15. The maximum Gasteiger partial charge on any atom is 0.162 e. The number of ether oxygens (including phenoxy) is 2. The Hall–Kier alpha value is -3.02. The van der Waals surface area contributed by atoms with Crippen LogP contribution < -0.4 is 14.8 Å². The molecule has 0 bridgehead atoms. The lowest BCUT2D eigenvalue weighted by molar-refractivity contribution is 0.171. The van der Waals surface area contributed by atoms with Crippen molar-refractivity contribution >= 4 is 5.82 Å². The fourth-order valence-corrected chi connectivity index (χ4v) is 2.80. The average Bonchev–Trinajstić information content (AvgIpc) is 2.98. The summed E-state index contributed by atoms with van der Waals surface area (Å²) in [4.78, 5) is 4.71. The van der Waals surface area contributed by atoms with Gasteiger partial charge in [0, 0.05) is 30.4 Å². The van der Waals surface area contributed by atoms with Gasteiger partial charge in [0.05, 0.1) is 11.9 Å². The lowest BCUT2D eigenvalue weighted by atomic mass is 10.1. The first-order valence-corrected chi connectivity index (χ1v) is 8.29. The van der Waals surface area contributed by atoms with E-state index in [1.165, 1.54) is 0 Å². The average molecular weight is 336 g/mol. The highest BCUT2D eigenvalue weighted by Crippen LogP contribution is 2.34. The highest BCUT2D eigenvalue weighted by molar-refractivity contribution is 5.65. The van der Waals surface area contributed by atoms with Crippen LogP contribution in [0.15, 0.2) is 42.6 Å². The minimum absolute atomic E-state index is 0.579. The second kappa shape index (κ2) is 6.47. The van der Waals surface area contributed by atoms with Crippen LogP contribution in [0.4, 0.5) is 5.82 Å². The Kier molecular flexibility index (Phi) is 4.01. The minimum Gasteiger partial charge on any atom is -0.486 e. The largest absolute Gasteiger partial charge is 0.486 e. The highest BCUT2D eigenvalue weighted by Gasteiger charge is 2.13. The summed E-state index contributed by atoms with van der Waals surface area (Å²) in [6.45, 7) is 3.92. The fraction of sp³-hybridized carbons (Fsp3) is 0.263. The van der Waals surface area contributed by atoms with E-state index in [1.54, 1.807) is 0 Å². The molecule has 4 rings (SSSR count). The molecule has 0 spiro atoms. The summed E-state index contributed by atoms with van der Waals surface area (Å²) in [5.41, 5.74) is 4.21. The zero-order chi connectivity index (χ0) is 17.2. The van der Waals surface area contributed by atoms with E-state index in [0.717, 1.165) is 39.8 Å². The van der Waals surface area contributed by atoms with Gasteiger partial charge in [0.2, 0.25) is 0 Å². The van der Waals surface area contributed by atoms with Crippen molar-refractivity contribution < 1.29 is 9.47 Å². The Labute approximate surface area is 146 Å². The molecule has 2 aromatic heterocycles. The van der Waals surface area contributed by atoms with Crippen LogP contribution in [-0.4, -0.2) is 28.0 Å². The molecule has 0 atom stereocenters. The first-order chi connectivity index (χ1) is 12.2. The third-order valence-electron chi connectivity index (χ3n) is 4.38. The minimum atomic E-state index is 0.579. The smallest absolute Gasteiger partial charge is 0.162 e. The van der Waals surface area contributed by atoms with Crippen LogP contribution in [-0.2, 0) is 13.6 Å². The van der Waals surface area contributed by atoms with Crippen molar-refractivity contribution in [2.75, 3.05) is 18.5 Å². The van der Waals surface area contributed by atoms with Gasteiger partial charge >= 0.3 is 0 Å². The number of benzene rings is 1. The van der Waals surface area contributed by atoms with Crippen molar-refractivity contribution in [1.82, 2.24) is 14.8 Å². The van der Waals surface area contributed by atoms with Gasteiger partial charge in [0.25, 0.3) is 0 Å². The van der Waals surface area contributed by atoms with Crippen molar-refractivity contribution in [3.8, 4) is 22.8 Å². The van der Waals surface area contributed by atoms with Gasteiger partial charge < -0.3 is 14.8 Å². The molecule has 0 amide bonds. The van der Waals surface area contributed by atoms with Crippen LogP contribution in [0.5, 0.6) is 11.5 Å². The molecule has 0 fully saturated rings. The first kappa shape index (κ1) is 15.5. The molecule has 0 saturated heterocycles. The van der Waals surface area contributed by atoms with Crippen molar-refractivity contribution in [3.05, 3.63) is 53.9 Å². The molecule has 0 radical (unpaired) electrons. The summed E-state index contributed by atoms with van der Waals surface area (Å²) < 4.78 is 13.1. The lowest BCUT2D eigenvalue weighted by Gasteiger charge is -2.18. The molecule has 1 aromatic carbocycles. The quantitative estimate of drug-likeness (QED) is 0.793. The molecule has 0 aliphatic carbocycles. The maximum absolute atomic E-state index is 5.66. The molecule has 25 heavy (non-hydrogen) atoms. The van der Waals surface area contributed by atoms with Crippen LogP contribution >= 0.6 is 0 Å². The van der Waals surface area contributed by atoms with E-state index in [4.69, 9.17) is 14.5 Å². The van der Waals surface area contributed by atoms with Crippen LogP contribution in [0.2, 0.25) is 0 Å². The second-order valence-electron chi connectivity index (χ2n) is 6.00. The van der Waals surface area contributed by atoms with E-state index in [1.807, 2.05) is 54.3 Å². The summed E-state index contributed by atoms with van der Waals surface area (Å²) >= 11 is 0. The molecule has 1 aliphatic rings. The molecular formula is C19H20N4O2. The van der Waals surface area contributed by atoms with Gasteiger partial charge in [-0.05, 0) is 37.3 Å². The van der Waals surface area contributed by atoms with E-state index in [-0.39, 0.29) is 0 Å². The summed E-state index contributed by atoms with van der Waals surface area (Å²) in [6.07, 6.45) is 1.88. The van der Waals surface area contributed by atoms with Gasteiger partial charge in [-0.15, -0.1) is 0 Å². The number of nitrogens with zero attached hydrogens (tertiary/aromatic N) is 3. The highest BCUT2D eigenvalue weighted by atomic mass is 16.6. The Balaban J connectivity index is 1.54. The van der Waals surface area contributed by atoms with Crippen LogP contribution in [0.1, 0.15) is 11.3 Å². The van der Waals surface area contributed by atoms with Crippen LogP contribution in [0, 0.1) is 6.92 Å². The zero-order valence-electron chi connectivity index (χ0n) is 14.3. The Bertz CT molecular complexity index is 904. The Morgan fingerprint density at radius 1 is 1.12 bits per heavy atom. The Morgan fingerprint density at radius 2 is 1.96 bits per heavy atom. The predicted molar refractivity (Wildman–Crippen MR) is 95.9 cm³/mol. The van der Waals surface area contributed by atoms with Crippen molar-refractivity contribution in [2.24, 2.45) is 7.05 Å². The summed E-state index contributed by atoms with van der Waals surface area (Å²) in [5.74, 6) is 2.39. The zero-order valence-corrected chi connectivity index (χ0v) is 14.3. The summed E-state index contributed by atoms with van der Waals surface area (Å²) in [5, 5.41) is 7.63. The van der Waals surface area contributed by atoms with E-state index in [9.17, 15) is 0 Å². The second-order valence-corrected chi connectivity index (χ2v) is 6.00. The van der Waals surface area contributed by atoms with Gasteiger partial charge in [-0.1, -0.05) is 6.07 Å². The maximum atomic E-state index is 5.66. The predicted octanol–water partition coefficient (Wildman–Crippen LogP) is 3.17. The fourth-order valence-electron chi connectivity index (χ4n) is 2.80. The van der Waals surface area contributed by atoms with E-state index < -0.39 is 0 Å². The third-order valence-corrected chi connectivity index (χ3v) is 4.38. The normalized spacial score (nSPS) is 12.9. The van der Waals surface area contributed by atoms with Crippen molar-refractivity contribution in [2.45, 2.75) is 13.5 Å². The molecule has 3 aromatic rings. The lowest BCUT2D eigenvalue weighted by Crippen LogP contribution is -2.15.